The number of carbonyl (C=O) groups is 1. The van der Waals surface area contributed by atoms with E-state index in [1.54, 1.807) is 6.92 Å². The van der Waals surface area contributed by atoms with E-state index >= 15 is 0 Å². The minimum atomic E-state index is -1.10. The fourth-order valence-electron chi connectivity index (χ4n) is 1.70. The Hall–Kier alpha value is -1.63. The number of halogens is 1. The number of aliphatic carboxylic acids is 1. The second-order valence-electron chi connectivity index (χ2n) is 4.32. The topological polar surface area (TPSA) is 97.2 Å². The van der Waals surface area contributed by atoms with Crippen LogP contribution in [0.2, 0.25) is 5.28 Å². The van der Waals surface area contributed by atoms with Gasteiger partial charge in [-0.15, -0.1) is 0 Å². The Morgan fingerprint density at radius 3 is 2.67 bits per heavy atom. The van der Waals surface area contributed by atoms with E-state index in [1.807, 2.05) is 0 Å². The fourth-order valence-corrected chi connectivity index (χ4v) is 1.85. The summed E-state index contributed by atoms with van der Waals surface area (Å²) in [5, 5.41) is 12.1. The van der Waals surface area contributed by atoms with Crippen molar-refractivity contribution >= 4 is 23.5 Å². The molecule has 0 radical (unpaired) electrons. The number of methoxy groups -OCH3 is 1. The number of nitrogens with one attached hydrogen (secondary N) is 1. The molecule has 1 heterocycles. The third-order valence-electron chi connectivity index (χ3n) is 2.98. The molecule has 98 valence electrons. The van der Waals surface area contributed by atoms with Crippen molar-refractivity contribution in [3.05, 3.63) is 5.28 Å². The molecule has 0 amide bonds. The summed E-state index contributed by atoms with van der Waals surface area (Å²) in [6.07, 6.45) is 1.73. The predicted molar refractivity (Wildman–Crippen MR) is 63.8 cm³/mol. The van der Waals surface area contributed by atoms with Gasteiger partial charge in [-0.1, -0.05) is 0 Å². The maximum absolute atomic E-state index is 11.3. The highest BCUT2D eigenvalue weighted by Gasteiger charge is 2.48. The molecule has 0 aromatic carbocycles. The Balaban J connectivity index is 2.26. The van der Waals surface area contributed by atoms with Crippen LogP contribution in [0.4, 0.5) is 5.95 Å². The van der Waals surface area contributed by atoms with E-state index in [1.165, 1.54) is 7.11 Å². The molecule has 18 heavy (non-hydrogen) atoms. The normalized spacial score (nSPS) is 17.9. The van der Waals surface area contributed by atoms with Crippen LogP contribution in [0, 0.1) is 5.92 Å². The molecular weight excluding hydrogens is 260 g/mol. The van der Waals surface area contributed by atoms with E-state index in [0.29, 0.717) is 0 Å². The van der Waals surface area contributed by atoms with Crippen LogP contribution in [0.1, 0.15) is 19.8 Å². The summed E-state index contributed by atoms with van der Waals surface area (Å²) in [5.41, 5.74) is -1.10. The monoisotopic (exact) mass is 272 g/mol. The fraction of sp³-hybridized carbons (Fsp3) is 0.600. The van der Waals surface area contributed by atoms with Crippen molar-refractivity contribution < 1.29 is 14.6 Å². The van der Waals surface area contributed by atoms with Gasteiger partial charge in [0.05, 0.1) is 7.11 Å². The van der Waals surface area contributed by atoms with Crippen LogP contribution in [-0.2, 0) is 4.79 Å². The highest BCUT2D eigenvalue weighted by atomic mass is 35.5. The Morgan fingerprint density at radius 1 is 1.50 bits per heavy atom. The minimum Gasteiger partial charge on any atom is -0.480 e. The van der Waals surface area contributed by atoms with Crippen molar-refractivity contribution in [2.45, 2.75) is 25.3 Å². The Labute approximate surface area is 109 Å². The van der Waals surface area contributed by atoms with E-state index in [-0.39, 0.29) is 23.2 Å². The number of carboxylic acids is 1. The number of rotatable bonds is 5. The van der Waals surface area contributed by atoms with Crippen molar-refractivity contribution in [3.8, 4) is 6.01 Å². The zero-order valence-corrected chi connectivity index (χ0v) is 10.7. The summed E-state index contributed by atoms with van der Waals surface area (Å²) in [5.74, 6) is -0.777. The first kappa shape index (κ1) is 12.8. The lowest BCUT2D eigenvalue weighted by Gasteiger charge is -2.25. The molecule has 0 spiro atoms. The third-order valence-corrected chi connectivity index (χ3v) is 3.15. The van der Waals surface area contributed by atoms with Crippen LogP contribution < -0.4 is 10.1 Å². The van der Waals surface area contributed by atoms with Crippen molar-refractivity contribution in [1.82, 2.24) is 15.0 Å². The van der Waals surface area contributed by atoms with Gasteiger partial charge in [-0.2, -0.15) is 15.0 Å². The highest BCUT2D eigenvalue weighted by Crippen LogP contribution is 2.41. The third kappa shape index (κ3) is 2.45. The van der Waals surface area contributed by atoms with Gasteiger partial charge in [0.1, 0.15) is 5.54 Å². The molecule has 1 aromatic heterocycles. The SMILES string of the molecule is COc1nc(Cl)nc(NC(C)(C(=O)O)C2CC2)n1. The van der Waals surface area contributed by atoms with Crippen LogP contribution in [0.3, 0.4) is 0 Å². The van der Waals surface area contributed by atoms with Crippen molar-refractivity contribution in [2.24, 2.45) is 5.92 Å². The minimum absolute atomic E-state index is 0.0426. The molecule has 0 aliphatic heterocycles. The Kier molecular flexibility index (Phi) is 3.25. The molecule has 1 saturated carbocycles. The quantitative estimate of drug-likeness (QED) is 0.831. The maximum atomic E-state index is 11.3. The van der Waals surface area contributed by atoms with Crippen molar-refractivity contribution in [3.63, 3.8) is 0 Å². The summed E-state index contributed by atoms with van der Waals surface area (Å²) in [7, 11) is 1.40. The van der Waals surface area contributed by atoms with E-state index in [9.17, 15) is 9.90 Å². The van der Waals surface area contributed by atoms with Gasteiger partial charge < -0.3 is 15.2 Å². The van der Waals surface area contributed by atoms with Gasteiger partial charge in [0.2, 0.25) is 11.2 Å². The number of nitrogens with zero attached hydrogens (tertiary/aromatic N) is 3. The molecule has 8 heteroatoms. The zero-order valence-electron chi connectivity index (χ0n) is 9.97. The van der Waals surface area contributed by atoms with E-state index < -0.39 is 11.5 Å². The van der Waals surface area contributed by atoms with Crippen molar-refractivity contribution in [2.75, 3.05) is 12.4 Å². The standard InChI is InChI=1S/C10H13ClN4O3/c1-10(6(16)17,5-3-4-5)15-8-12-7(11)13-9(14-8)18-2/h5H,3-4H2,1-2H3,(H,16,17)(H,12,13,14,15). The molecule has 1 aromatic rings. The van der Waals surface area contributed by atoms with Gasteiger partial charge in [0.15, 0.2) is 0 Å². The molecule has 1 aliphatic rings. The van der Waals surface area contributed by atoms with Gasteiger partial charge in [0.25, 0.3) is 0 Å². The van der Waals surface area contributed by atoms with Crippen LogP contribution in [0.5, 0.6) is 6.01 Å². The molecule has 2 rings (SSSR count). The van der Waals surface area contributed by atoms with Crippen LogP contribution in [0.25, 0.3) is 0 Å². The van der Waals surface area contributed by atoms with Gasteiger partial charge in [-0.05, 0) is 37.3 Å². The number of anilines is 1. The average Bonchev–Trinajstić information content (AvgIpc) is 3.11. The number of aromatic nitrogens is 3. The van der Waals surface area contributed by atoms with Crippen LogP contribution >= 0.6 is 11.6 Å². The molecule has 1 aliphatic carbocycles. The number of hydrogen-bond donors (Lipinski definition) is 2. The van der Waals surface area contributed by atoms with E-state index in [4.69, 9.17) is 16.3 Å². The predicted octanol–water partition coefficient (Wildman–Crippen LogP) is 1.20. The second kappa shape index (κ2) is 4.56. The molecule has 1 fully saturated rings. The van der Waals surface area contributed by atoms with E-state index in [0.717, 1.165) is 12.8 Å². The molecule has 7 nitrogen and oxygen atoms in total. The smallest absolute Gasteiger partial charge is 0.329 e. The lowest BCUT2D eigenvalue weighted by molar-refractivity contribution is -0.142. The number of ether oxygens (including phenoxy) is 1. The Morgan fingerprint density at radius 2 is 2.17 bits per heavy atom. The van der Waals surface area contributed by atoms with E-state index in [2.05, 4.69) is 20.3 Å². The summed E-state index contributed by atoms with van der Waals surface area (Å²) >= 11 is 5.70. The summed E-state index contributed by atoms with van der Waals surface area (Å²) in [4.78, 5) is 22.8. The summed E-state index contributed by atoms with van der Waals surface area (Å²) in [6, 6.07) is 0.0426. The first-order valence-electron chi connectivity index (χ1n) is 5.43. The second-order valence-corrected chi connectivity index (χ2v) is 4.66. The maximum Gasteiger partial charge on any atom is 0.329 e. The largest absolute Gasteiger partial charge is 0.480 e. The zero-order chi connectivity index (χ0) is 13.3. The first-order valence-corrected chi connectivity index (χ1v) is 5.80. The molecule has 1 atom stereocenters. The van der Waals surface area contributed by atoms with Gasteiger partial charge >= 0.3 is 12.0 Å². The van der Waals surface area contributed by atoms with Gasteiger partial charge in [-0.3, -0.25) is 0 Å². The lowest BCUT2D eigenvalue weighted by Crippen LogP contribution is -2.46. The first-order chi connectivity index (χ1) is 8.45. The number of carboxylic acid groups (broad SMARTS) is 1. The number of hydrogen-bond acceptors (Lipinski definition) is 6. The molecule has 2 N–H and O–H groups in total. The Bertz CT molecular complexity index is 480. The molecule has 1 unspecified atom stereocenters. The van der Waals surface area contributed by atoms with Gasteiger partial charge in [0, 0.05) is 0 Å². The average molecular weight is 273 g/mol. The van der Waals surface area contributed by atoms with Gasteiger partial charge in [-0.25, -0.2) is 4.79 Å². The summed E-state index contributed by atoms with van der Waals surface area (Å²) in [6.45, 7) is 1.61. The molecular formula is C10H13ClN4O3. The van der Waals surface area contributed by atoms with Crippen LogP contribution in [0.15, 0.2) is 0 Å². The molecule has 0 saturated heterocycles. The summed E-state index contributed by atoms with van der Waals surface area (Å²) < 4.78 is 4.85. The van der Waals surface area contributed by atoms with Crippen LogP contribution in [-0.4, -0.2) is 38.7 Å². The lowest BCUT2D eigenvalue weighted by atomic mass is 9.96. The molecule has 0 bridgehead atoms. The van der Waals surface area contributed by atoms with Crippen molar-refractivity contribution in [1.29, 1.82) is 0 Å². The highest BCUT2D eigenvalue weighted by molar-refractivity contribution is 6.28.